The van der Waals surface area contributed by atoms with Gasteiger partial charge in [0.25, 0.3) is 0 Å². The number of aromatic nitrogens is 2. The van der Waals surface area contributed by atoms with Crippen molar-refractivity contribution in [2.75, 3.05) is 0 Å². The van der Waals surface area contributed by atoms with Crippen molar-refractivity contribution < 1.29 is 0 Å². The van der Waals surface area contributed by atoms with Gasteiger partial charge in [-0.2, -0.15) is 5.10 Å². The van der Waals surface area contributed by atoms with Crippen molar-refractivity contribution in [3.05, 3.63) is 17.5 Å². The molecule has 0 saturated heterocycles. The molecule has 1 unspecified atom stereocenters. The van der Waals surface area contributed by atoms with Gasteiger partial charge in [0.1, 0.15) is 0 Å². The fraction of sp³-hybridized carbons (Fsp3) is 0.727. The predicted molar refractivity (Wildman–Crippen MR) is 57.0 cm³/mol. The van der Waals surface area contributed by atoms with Crippen LogP contribution in [0.25, 0.3) is 0 Å². The standard InChI is InChI=1S/C11H19N3/c1-8-5-11(14(2)13-8)7-10(12)6-9-3-4-9/h5,9-10H,3-4,6-7,12H2,1-2H3. The van der Waals surface area contributed by atoms with Crippen molar-refractivity contribution in [2.24, 2.45) is 18.7 Å². The van der Waals surface area contributed by atoms with E-state index in [0.717, 1.165) is 18.0 Å². The molecule has 0 aliphatic heterocycles. The fourth-order valence-electron chi connectivity index (χ4n) is 1.99. The van der Waals surface area contributed by atoms with E-state index >= 15 is 0 Å². The van der Waals surface area contributed by atoms with Gasteiger partial charge in [0.2, 0.25) is 0 Å². The van der Waals surface area contributed by atoms with E-state index in [1.807, 2.05) is 18.7 Å². The topological polar surface area (TPSA) is 43.8 Å². The Morgan fingerprint density at radius 3 is 2.86 bits per heavy atom. The maximum absolute atomic E-state index is 6.08. The quantitative estimate of drug-likeness (QED) is 0.785. The largest absolute Gasteiger partial charge is 0.327 e. The molecule has 1 fully saturated rings. The Morgan fingerprint density at radius 1 is 1.64 bits per heavy atom. The molecule has 1 aliphatic rings. The lowest BCUT2D eigenvalue weighted by atomic mass is 10.1. The number of hydrogen-bond acceptors (Lipinski definition) is 2. The van der Waals surface area contributed by atoms with Crippen LogP contribution in [0.4, 0.5) is 0 Å². The lowest BCUT2D eigenvalue weighted by Crippen LogP contribution is -2.24. The second kappa shape index (κ2) is 3.73. The minimum Gasteiger partial charge on any atom is -0.327 e. The van der Waals surface area contributed by atoms with Gasteiger partial charge in [-0.3, -0.25) is 4.68 Å². The van der Waals surface area contributed by atoms with E-state index in [0.29, 0.717) is 6.04 Å². The van der Waals surface area contributed by atoms with E-state index in [1.165, 1.54) is 25.0 Å². The van der Waals surface area contributed by atoms with Crippen molar-refractivity contribution in [1.82, 2.24) is 9.78 Å². The second-order valence-corrected chi connectivity index (χ2v) is 4.54. The molecule has 0 amide bonds. The summed E-state index contributed by atoms with van der Waals surface area (Å²) in [6.07, 6.45) is 4.92. The van der Waals surface area contributed by atoms with E-state index < -0.39 is 0 Å². The summed E-state index contributed by atoms with van der Waals surface area (Å²) in [7, 11) is 1.99. The van der Waals surface area contributed by atoms with Gasteiger partial charge >= 0.3 is 0 Å². The van der Waals surface area contributed by atoms with E-state index in [2.05, 4.69) is 11.2 Å². The molecule has 1 saturated carbocycles. The molecule has 3 heteroatoms. The van der Waals surface area contributed by atoms with Crippen LogP contribution in [0.3, 0.4) is 0 Å². The number of hydrogen-bond donors (Lipinski definition) is 1. The van der Waals surface area contributed by atoms with Crippen molar-refractivity contribution in [3.8, 4) is 0 Å². The zero-order valence-corrected chi connectivity index (χ0v) is 9.03. The van der Waals surface area contributed by atoms with Crippen molar-refractivity contribution in [3.63, 3.8) is 0 Å². The third-order valence-corrected chi connectivity index (χ3v) is 2.90. The molecular weight excluding hydrogens is 174 g/mol. The molecule has 3 nitrogen and oxygen atoms in total. The highest BCUT2D eigenvalue weighted by Crippen LogP contribution is 2.33. The number of nitrogens with two attached hydrogens (primary N) is 1. The monoisotopic (exact) mass is 193 g/mol. The maximum atomic E-state index is 6.08. The molecule has 0 radical (unpaired) electrons. The van der Waals surface area contributed by atoms with Crippen LogP contribution in [-0.4, -0.2) is 15.8 Å². The minimum absolute atomic E-state index is 0.317. The normalized spacial score (nSPS) is 18.5. The summed E-state index contributed by atoms with van der Waals surface area (Å²) in [4.78, 5) is 0. The van der Waals surface area contributed by atoms with Crippen LogP contribution in [0.1, 0.15) is 30.7 Å². The third kappa shape index (κ3) is 2.35. The van der Waals surface area contributed by atoms with Crippen molar-refractivity contribution in [1.29, 1.82) is 0 Å². The molecule has 0 spiro atoms. The van der Waals surface area contributed by atoms with Crippen LogP contribution < -0.4 is 5.73 Å². The maximum Gasteiger partial charge on any atom is 0.0596 e. The smallest absolute Gasteiger partial charge is 0.0596 e. The molecule has 1 aromatic heterocycles. The first-order valence-electron chi connectivity index (χ1n) is 5.40. The van der Waals surface area contributed by atoms with Gasteiger partial charge in [-0.15, -0.1) is 0 Å². The van der Waals surface area contributed by atoms with Crippen LogP contribution in [-0.2, 0) is 13.5 Å². The van der Waals surface area contributed by atoms with E-state index in [4.69, 9.17) is 5.73 Å². The van der Waals surface area contributed by atoms with Crippen molar-refractivity contribution in [2.45, 2.75) is 38.6 Å². The van der Waals surface area contributed by atoms with Crippen LogP contribution in [0.2, 0.25) is 0 Å². The second-order valence-electron chi connectivity index (χ2n) is 4.54. The van der Waals surface area contributed by atoms with Crippen molar-refractivity contribution >= 4 is 0 Å². The highest BCUT2D eigenvalue weighted by Gasteiger charge is 2.24. The zero-order chi connectivity index (χ0) is 10.1. The average molecular weight is 193 g/mol. The van der Waals surface area contributed by atoms with E-state index in [1.54, 1.807) is 0 Å². The summed E-state index contributed by atoms with van der Waals surface area (Å²) in [6, 6.07) is 2.45. The molecule has 1 aliphatic carbocycles. The summed E-state index contributed by atoms with van der Waals surface area (Å²) >= 11 is 0. The lowest BCUT2D eigenvalue weighted by Gasteiger charge is -2.10. The molecule has 14 heavy (non-hydrogen) atoms. The first kappa shape index (κ1) is 9.71. The highest BCUT2D eigenvalue weighted by atomic mass is 15.3. The first-order chi connectivity index (χ1) is 6.65. The Morgan fingerprint density at radius 2 is 2.36 bits per heavy atom. The Hall–Kier alpha value is -0.830. The van der Waals surface area contributed by atoms with Gasteiger partial charge in [0.05, 0.1) is 5.69 Å². The Kier molecular flexibility index (Phi) is 2.59. The number of aryl methyl sites for hydroxylation is 2. The molecule has 1 aromatic rings. The summed E-state index contributed by atoms with van der Waals surface area (Å²) in [6.45, 7) is 2.02. The molecule has 78 valence electrons. The van der Waals surface area contributed by atoms with E-state index in [9.17, 15) is 0 Å². The number of nitrogens with zero attached hydrogens (tertiary/aromatic N) is 2. The number of rotatable bonds is 4. The van der Waals surface area contributed by atoms with Gasteiger partial charge in [0.15, 0.2) is 0 Å². The fourth-order valence-corrected chi connectivity index (χ4v) is 1.99. The Labute approximate surface area is 85.3 Å². The van der Waals surface area contributed by atoms with E-state index in [-0.39, 0.29) is 0 Å². The summed E-state index contributed by atoms with van der Waals surface area (Å²) in [5.41, 5.74) is 8.43. The molecule has 2 N–H and O–H groups in total. The summed E-state index contributed by atoms with van der Waals surface area (Å²) < 4.78 is 1.95. The molecule has 2 rings (SSSR count). The highest BCUT2D eigenvalue weighted by molar-refractivity contribution is 5.10. The first-order valence-corrected chi connectivity index (χ1v) is 5.40. The summed E-state index contributed by atoms with van der Waals surface area (Å²) in [5.74, 6) is 0.916. The third-order valence-electron chi connectivity index (χ3n) is 2.90. The predicted octanol–water partition coefficient (Wildman–Crippen LogP) is 1.40. The van der Waals surface area contributed by atoms with Crippen LogP contribution in [0.5, 0.6) is 0 Å². The molecule has 1 heterocycles. The van der Waals surface area contributed by atoms with Gasteiger partial charge in [0, 0.05) is 25.2 Å². The average Bonchev–Trinajstić information content (AvgIpc) is 2.81. The van der Waals surface area contributed by atoms with Gasteiger partial charge in [-0.25, -0.2) is 0 Å². The van der Waals surface area contributed by atoms with Crippen LogP contribution in [0.15, 0.2) is 6.07 Å². The minimum atomic E-state index is 0.317. The SMILES string of the molecule is Cc1cc(CC(N)CC2CC2)n(C)n1. The molecule has 0 aromatic carbocycles. The van der Waals surface area contributed by atoms with Gasteiger partial charge in [-0.1, -0.05) is 12.8 Å². The van der Waals surface area contributed by atoms with Gasteiger partial charge in [-0.05, 0) is 25.3 Å². The lowest BCUT2D eigenvalue weighted by molar-refractivity contribution is 0.545. The Bertz CT molecular complexity index is 312. The Balaban J connectivity index is 1.91. The molecule has 1 atom stereocenters. The van der Waals surface area contributed by atoms with Crippen LogP contribution >= 0.6 is 0 Å². The van der Waals surface area contributed by atoms with Crippen LogP contribution in [0, 0.1) is 12.8 Å². The summed E-state index contributed by atoms with van der Waals surface area (Å²) in [5, 5.41) is 4.32. The van der Waals surface area contributed by atoms with Gasteiger partial charge < -0.3 is 5.73 Å². The zero-order valence-electron chi connectivity index (χ0n) is 9.03. The molecule has 0 bridgehead atoms. The molecular formula is C11H19N3.